The lowest BCUT2D eigenvalue weighted by Crippen LogP contribution is -2.10. The van der Waals surface area contributed by atoms with Crippen molar-refractivity contribution in [3.05, 3.63) is 45.2 Å². The van der Waals surface area contributed by atoms with Crippen LogP contribution < -0.4 is 14.2 Å². The van der Waals surface area contributed by atoms with E-state index in [1.54, 1.807) is 27.4 Å². The first-order valence-corrected chi connectivity index (χ1v) is 8.91. The average molecular weight is 396 g/mol. The first kappa shape index (κ1) is 18.8. The molecule has 0 aliphatic heterocycles. The number of ether oxygens (including phenoxy) is 3. The Bertz CT molecular complexity index is 830. The summed E-state index contributed by atoms with van der Waals surface area (Å²) in [6.45, 7) is 0. The van der Waals surface area contributed by atoms with Crippen LogP contribution in [-0.2, 0) is 6.42 Å². The highest BCUT2D eigenvalue weighted by molar-refractivity contribution is 6.36. The van der Waals surface area contributed by atoms with Gasteiger partial charge in [0.25, 0.3) is 0 Å². The number of methoxy groups -OCH3 is 3. The van der Waals surface area contributed by atoms with Crippen molar-refractivity contribution in [2.24, 2.45) is 0 Å². The van der Waals surface area contributed by atoms with Crippen LogP contribution in [0.2, 0.25) is 10.0 Å². The molecule has 0 spiro atoms. The summed E-state index contributed by atoms with van der Waals surface area (Å²) in [7, 11) is 4.68. The van der Waals surface area contributed by atoms with Gasteiger partial charge in [-0.1, -0.05) is 23.2 Å². The standard InChI is InChI=1S/C19H19Cl2NO4/c1-24-16-7-12(15(23)6-11-13(20)8-22-9-14(11)21)18(25-2)17(10-4-5-10)19(16)26-3/h7-10H,4-6H2,1-3H3. The zero-order valence-electron chi connectivity index (χ0n) is 14.8. The van der Waals surface area contributed by atoms with E-state index in [1.165, 1.54) is 12.4 Å². The maximum atomic E-state index is 13.0. The van der Waals surface area contributed by atoms with Crippen LogP contribution in [-0.4, -0.2) is 32.1 Å². The summed E-state index contributed by atoms with van der Waals surface area (Å²) in [6.07, 6.45) is 5.02. The molecule has 3 rings (SSSR count). The molecule has 1 fully saturated rings. The van der Waals surface area contributed by atoms with Crippen molar-refractivity contribution in [1.82, 2.24) is 4.98 Å². The van der Waals surface area contributed by atoms with E-state index in [0.29, 0.717) is 44.3 Å². The van der Waals surface area contributed by atoms with Gasteiger partial charge in [0.1, 0.15) is 5.75 Å². The van der Waals surface area contributed by atoms with Crippen LogP contribution in [0.15, 0.2) is 18.5 Å². The number of rotatable bonds is 7. The second-order valence-electron chi connectivity index (χ2n) is 6.06. The van der Waals surface area contributed by atoms with Crippen molar-refractivity contribution in [3.63, 3.8) is 0 Å². The van der Waals surface area contributed by atoms with E-state index >= 15 is 0 Å². The molecule has 0 atom stereocenters. The summed E-state index contributed by atoms with van der Waals surface area (Å²) in [6, 6.07) is 1.65. The minimum absolute atomic E-state index is 0.0378. The van der Waals surface area contributed by atoms with Gasteiger partial charge in [0.15, 0.2) is 17.3 Å². The van der Waals surface area contributed by atoms with Gasteiger partial charge in [0.05, 0.1) is 36.9 Å². The number of halogens is 2. The molecule has 0 radical (unpaired) electrons. The number of carbonyl (C=O) groups excluding carboxylic acids is 1. The summed E-state index contributed by atoms with van der Waals surface area (Å²) < 4.78 is 16.6. The van der Waals surface area contributed by atoms with E-state index in [9.17, 15) is 4.79 Å². The molecule has 1 aromatic heterocycles. The molecule has 1 aliphatic carbocycles. The number of aromatic nitrogens is 1. The number of ketones is 1. The van der Waals surface area contributed by atoms with Gasteiger partial charge >= 0.3 is 0 Å². The zero-order valence-corrected chi connectivity index (χ0v) is 16.3. The molecule has 0 unspecified atom stereocenters. The van der Waals surface area contributed by atoms with Crippen molar-refractivity contribution in [1.29, 1.82) is 0 Å². The van der Waals surface area contributed by atoms with Crippen LogP contribution in [0.25, 0.3) is 0 Å². The van der Waals surface area contributed by atoms with E-state index in [1.807, 2.05) is 0 Å². The lowest BCUT2D eigenvalue weighted by Gasteiger charge is -2.19. The van der Waals surface area contributed by atoms with Gasteiger partial charge in [-0.05, 0) is 24.8 Å². The third kappa shape index (κ3) is 3.46. The second-order valence-corrected chi connectivity index (χ2v) is 6.88. The Morgan fingerprint density at radius 1 is 1.08 bits per heavy atom. The smallest absolute Gasteiger partial charge is 0.171 e. The van der Waals surface area contributed by atoms with Crippen molar-refractivity contribution >= 4 is 29.0 Å². The number of hydrogen-bond donors (Lipinski definition) is 0. The van der Waals surface area contributed by atoms with Crippen LogP contribution >= 0.6 is 23.2 Å². The molecular weight excluding hydrogens is 377 g/mol. The summed E-state index contributed by atoms with van der Waals surface area (Å²) in [5.41, 5.74) is 1.85. The van der Waals surface area contributed by atoms with Crippen molar-refractivity contribution in [2.45, 2.75) is 25.2 Å². The lowest BCUT2D eigenvalue weighted by atomic mass is 9.96. The molecule has 1 aromatic carbocycles. The van der Waals surface area contributed by atoms with Gasteiger partial charge in [-0.2, -0.15) is 0 Å². The Labute approximate surface area is 162 Å². The van der Waals surface area contributed by atoms with Crippen LogP contribution in [0.1, 0.15) is 40.2 Å². The van der Waals surface area contributed by atoms with Crippen molar-refractivity contribution in [3.8, 4) is 17.2 Å². The normalized spacial score (nSPS) is 13.4. The largest absolute Gasteiger partial charge is 0.496 e. The average Bonchev–Trinajstić information content (AvgIpc) is 3.47. The van der Waals surface area contributed by atoms with E-state index in [2.05, 4.69) is 4.98 Å². The van der Waals surface area contributed by atoms with Gasteiger partial charge < -0.3 is 14.2 Å². The molecule has 138 valence electrons. The number of pyridine rings is 1. The third-order valence-corrected chi connectivity index (χ3v) is 5.09. The van der Waals surface area contributed by atoms with Crippen LogP contribution in [0.4, 0.5) is 0 Å². The Balaban J connectivity index is 2.09. The lowest BCUT2D eigenvalue weighted by molar-refractivity contribution is 0.0989. The highest BCUT2D eigenvalue weighted by atomic mass is 35.5. The maximum Gasteiger partial charge on any atom is 0.171 e. The van der Waals surface area contributed by atoms with Crippen LogP contribution in [0, 0.1) is 0 Å². The topological polar surface area (TPSA) is 57.7 Å². The number of nitrogens with zero attached hydrogens (tertiary/aromatic N) is 1. The fraction of sp³-hybridized carbons (Fsp3) is 0.368. The predicted octanol–water partition coefficient (Wildman–Crippen LogP) is 4.72. The third-order valence-electron chi connectivity index (χ3n) is 4.44. The Kier molecular flexibility index (Phi) is 5.58. The molecular formula is C19H19Cl2NO4. The first-order chi connectivity index (χ1) is 12.5. The molecule has 0 bridgehead atoms. The van der Waals surface area contributed by atoms with Crippen LogP contribution in [0.5, 0.6) is 17.2 Å². The number of Topliss-reactive ketones (excluding diaryl/α,β-unsaturated/α-hetero) is 1. The van der Waals surface area contributed by atoms with E-state index < -0.39 is 0 Å². The van der Waals surface area contributed by atoms with Gasteiger partial charge in [0.2, 0.25) is 0 Å². The molecule has 1 heterocycles. The van der Waals surface area contributed by atoms with Gasteiger partial charge in [0, 0.05) is 29.9 Å². The van der Waals surface area contributed by atoms with Crippen molar-refractivity contribution in [2.75, 3.05) is 21.3 Å². The maximum absolute atomic E-state index is 13.0. The highest BCUT2D eigenvalue weighted by Crippen LogP contribution is 2.53. The Hall–Kier alpha value is -1.98. The summed E-state index contributed by atoms with van der Waals surface area (Å²) in [5, 5.41) is 0.709. The summed E-state index contributed by atoms with van der Waals surface area (Å²) in [4.78, 5) is 17.0. The molecule has 1 saturated carbocycles. The van der Waals surface area contributed by atoms with Crippen LogP contribution in [0.3, 0.4) is 0 Å². The Morgan fingerprint density at radius 3 is 2.19 bits per heavy atom. The Morgan fingerprint density at radius 2 is 1.69 bits per heavy atom. The molecule has 26 heavy (non-hydrogen) atoms. The zero-order chi connectivity index (χ0) is 18.8. The quantitative estimate of drug-likeness (QED) is 0.634. The summed E-state index contributed by atoms with van der Waals surface area (Å²) >= 11 is 12.3. The molecule has 7 heteroatoms. The molecule has 0 N–H and O–H groups in total. The fourth-order valence-electron chi connectivity index (χ4n) is 3.04. The molecule has 1 aliphatic rings. The van der Waals surface area contributed by atoms with Gasteiger partial charge in [-0.25, -0.2) is 0 Å². The number of carbonyl (C=O) groups is 1. The summed E-state index contributed by atoms with van der Waals surface area (Å²) in [5.74, 6) is 1.78. The van der Waals surface area contributed by atoms with E-state index in [0.717, 1.165) is 18.4 Å². The monoisotopic (exact) mass is 395 g/mol. The molecule has 2 aromatic rings. The molecule has 0 amide bonds. The second kappa shape index (κ2) is 7.72. The first-order valence-electron chi connectivity index (χ1n) is 8.15. The van der Waals surface area contributed by atoms with Gasteiger partial charge in [-0.3, -0.25) is 9.78 Å². The molecule has 0 saturated heterocycles. The molecule has 5 nitrogen and oxygen atoms in total. The SMILES string of the molecule is COc1cc(C(=O)Cc2c(Cl)cncc2Cl)c(OC)c(C2CC2)c1OC. The van der Waals surface area contributed by atoms with Gasteiger partial charge in [-0.15, -0.1) is 0 Å². The van der Waals surface area contributed by atoms with E-state index in [-0.39, 0.29) is 12.2 Å². The van der Waals surface area contributed by atoms with Crippen molar-refractivity contribution < 1.29 is 19.0 Å². The fourth-order valence-corrected chi connectivity index (χ4v) is 3.54. The predicted molar refractivity (Wildman–Crippen MR) is 100 cm³/mol. The number of benzene rings is 1. The number of hydrogen-bond acceptors (Lipinski definition) is 5. The minimum atomic E-state index is -0.167. The minimum Gasteiger partial charge on any atom is -0.496 e. The highest BCUT2D eigenvalue weighted by Gasteiger charge is 2.35. The van der Waals surface area contributed by atoms with E-state index in [4.69, 9.17) is 37.4 Å².